The second-order valence-electron chi connectivity index (χ2n) is 5.46. The van der Waals surface area contributed by atoms with Crippen LogP contribution in [0.25, 0.3) is 0 Å². The quantitative estimate of drug-likeness (QED) is 0.816. The average Bonchev–Trinajstić information content (AvgIpc) is 2.56. The SMILES string of the molecule is Cc1ccc(NC(=O)CN2C(=O)NC(C)(C)C2=O)cc1Br. The third-order valence-corrected chi connectivity index (χ3v) is 4.06. The molecule has 1 aliphatic heterocycles. The van der Waals surface area contributed by atoms with Crippen molar-refractivity contribution in [2.24, 2.45) is 0 Å². The molecule has 2 N–H and O–H groups in total. The standard InChI is InChI=1S/C14H16BrN3O3/c1-8-4-5-9(6-10(8)15)16-11(19)7-18-12(20)14(2,3)17-13(18)21/h4-6H,7H2,1-3H3,(H,16,19)(H,17,21). The number of hydrogen-bond donors (Lipinski definition) is 2. The Kier molecular flexibility index (Phi) is 4.04. The molecule has 0 unspecified atom stereocenters. The highest BCUT2D eigenvalue weighted by molar-refractivity contribution is 9.10. The lowest BCUT2D eigenvalue weighted by atomic mass is 10.1. The van der Waals surface area contributed by atoms with Gasteiger partial charge in [0.25, 0.3) is 5.91 Å². The molecule has 1 aromatic rings. The first-order chi connectivity index (χ1) is 9.70. The van der Waals surface area contributed by atoms with Crippen LogP contribution in [0.1, 0.15) is 19.4 Å². The Bertz CT molecular complexity index is 628. The molecule has 6 nitrogen and oxygen atoms in total. The Balaban J connectivity index is 2.04. The van der Waals surface area contributed by atoms with Gasteiger partial charge in [-0.1, -0.05) is 22.0 Å². The van der Waals surface area contributed by atoms with Crippen LogP contribution in [-0.2, 0) is 9.59 Å². The number of halogens is 1. The number of urea groups is 1. The van der Waals surface area contributed by atoms with Crippen LogP contribution in [0.5, 0.6) is 0 Å². The van der Waals surface area contributed by atoms with Gasteiger partial charge in [-0.15, -0.1) is 0 Å². The van der Waals surface area contributed by atoms with Gasteiger partial charge in [0, 0.05) is 10.2 Å². The van der Waals surface area contributed by atoms with Crippen molar-refractivity contribution < 1.29 is 14.4 Å². The highest BCUT2D eigenvalue weighted by Gasteiger charge is 2.44. The number of anilines is 1. The lowest BCUT2D eigenvalue weighted by Crippen LogP contribution is -2.41. The molecule has 1 aliphatic rings. The van der Waals surface area contributed by atoms with Crippen LogP contribution in [-0.4, -0.2) is 34.8 Å². The smallest absolute Gasteiger partial charge is 0.324 e. The maximum atomic E-state index is 12.0. The van der Waals surface area contributed by atoms with E-state index >= 15 is 0 Å². The molecule has 1 aromatic carbocycles. The summed E-state index contributed by atoms with van der Waals surface area (Å²) in [7, 11) is 0. The van der Waals surface area contributed by atoms with Gasteiger partial charge in [-0.3, -0.25) is 14.5 Å². The molecule has 112 valence electrons. The Labute approximate surface area is 131 Å². The third-order valence-electron chi connectivity index (χ3n) is 3.20. The van der Waals surface area contributed by atoms with Gasteiger partial charge in [-0.25, -0.2) is 4.79 Å². The maximum absolute atomic E-state index is 12.0. The van der Waals surface area contributed by atoms with Gasteiger partial charge < -0.3 is 10.6 Å². The molecule has 0 spiro atoms. The van der Waals surface area contributed by atoms with Gasteiger partial charge >= 0.3 is 6.03 Å². The molecule has 0 aromatic heterocycles. The van der Waals surface area contributed by atoms with E-state index in [2.05, 4.69) is 26.6 Å². The Morgan fingerprint density at radius 1 is 1.38 bits per heavy atom. The van der Waals surface area contributed by atoms with Crippen molar-refractivity contribution in [2.45, 2.75) is 26.3 Å². The zero-order chi connectivity index (χ0) is 15.8. The molecule has 0 saturated carbocycles. The molecule has 0 aliphatic carbocycles. The van der Waals surface area contributed by atoms with E-state index in [9.17, 15) is 14.4 Å². The molecular formula is C14H16BrN3O3. The highest BCUT2D eigenvalue weighted by atomic mass is 79.9. The minimum Gasteiger partial charge on any atom is -0.324 e. The van der Waals surface area contributed by atoms with Crippen molar-refractivity contribution in [1.29, 1.82) is 0 Å². The first-order valence-corrected chi connectivity index (χ1v) is 7.20. The predicted octanol–water partition coefficient (Wildman–Crippen LogP) is 2.03. The van der Waals surface area contributed by atoms with Gasteiger partial charge in [0.2, 0.25) is 5.91 Å². The van der Waals surface area contributed by atoms with Gasteiger partial charge in [-0.05, 0) is 38.5 Å². The van der Waals surface area contributed by atoms with Crippen LogP contribution >= 0.6 is 15.9 Å². The van der Waals surface area contributed by atoms with Crippen LogP contribution < -0.4 is 10.6 Å². The summed E-state index contributed by atoms with van der Waals surface area (Å²) in [5, 5.41) is 5.19. The molecule has 2 rings (SSSR count). The number of carbonyl (C=O) groups excluding carboxylic acids is 3. The van der Waals surface area contributed by atoms with E-state index in [0.717, 1.165) is 14.9 Å². The molecule has 7 heteroatoms. The summed E-state index contributed by atoms with van der Waals surface area (Å²) in [6.07, 6.45) is 0. The maximum Gasteiger partial charge on any atom is 0.325 e. The molecule has 0 radical (unpaired) electrons. The van der Waals surface area contributed by atoms with Gasteiger partial charge in [0.1, 0.15) is 12.1 Å². The van der Waals surface area contributed by atoms with Gasteiger partial charge in [0.05, 0.1) is 0 Å². The second kappa shape index (κ2) is 5.48. The molecule has 4 amide bonds. The molecule has 0 atom stereocenters. The lowest BCUT2D eigenvalue weighted by molar-refractivity contribution is -0.132. The van der Waals surface area contributed by atoms with Crippen LogP contribution in [0, 0.1) is 6.92 Å². The second-order valence-corrected chi connectivity index (χ2v) is 6.31. The summed E-state index contributed by atoms with van der Waals surface area (Å²) in [4.78, 5) is 36.6. The van der Waals surface area contributed by atoms with Crippen molar-refractivity contribution in [3.05, 3.63) is 28.2 Å². The number of nitrogens with zero attached hydrogens (tertiary/aromatic N) is 1. The van der Waals surface area contributed by atoms with Gasteiger partial charge in [-0.2, -0.15) is 0 Å². The molecule has 0 bridgehead atoms. The van der Waals surface area contributed by atoms with Crippen molar-refractivity contribution in [3.8, 4) is 0 Å². The average molecular weight is 354 g/mol. The van der Waals surface area contributed by atoms with Crippen LogP contribution in [0.3, 0.4) is 0 Å². The fourth-order valence-corrected chi connectivity index (χ4v) is 2.36. The third kappa shape index (κ3) is 3.24. The summed E-state index contributed by atoms with van der Waals surface area (Å²) in [6, 6.07) is 4.83. The van der Waals surface area contributed by atoms with Crippen molar-refractivity contribution in [1.82, 2.24) is 10.2 Å². The molecule has 21 heavy (non-hydrogen) atoms. The number of carbonyl (C=O) groups is 3. The Hall–Kier alpha value is -1.89. The van der Waals surface area contributed by atoms with E-state index in [1.807, 2.05) is 13.0 Å². The lowest BCUT2D eigenvalue weighted by Gasteiger charge is -2.15. The van der Waals surface area contributed by atoms with E-state index in [-0.39, 0.29) is 6.54 Å². The fourth-order valence-electron chi connectivity index (χ4n) is 1.98. The largest absolute Gasteiger partial charge is 0.325 e. The van der Waals surface area contributed by atoms with Crippen LogP contribution in [0.2, 0.25) is 0 Å². The van der Waals surface area contributed by atoms with Crippen molar-refractivity contribution in [3.63, 3.8) is 0 Å². The molecular weight excluding hydrogens is 338 g/mol. The number of hydrogen-bond acceptors (Lipinski definition) is 3. The molecule has 1 fully saturated rings. The van der Waals surface area contributed by atoms with Crippen molar-refractivity contribution >= 4 is 39.5 Å². The number of aryl methyl sites for hydroxylation is 1. The van der Waals surface area contributed by atoms with E-state index in [4.69, 9.17) is 0 Å². The van der Waals surface area contributed by atoms with Crippen molar-refractivity contribution in [2.75, 3.05) is 11.9 Å². The highest BCUT2D eigenvalue weighted by Crippen LogP contribution is 2.21. The number of benzene rings is 1. The van der Waals surface area contributed by atoms with Crippen LogP contribution in [0.15, 0.2) is 22.7 Å². The topological polar surface area (TPSA) is 78.5 Å². The normalized spacial score (nSPS) is 16.9. The molecule has 1 saturated heterocycles. The van der Waals surface area contributed by atoms with E-state index < -0.39 is 23.4 Å². The van der Waals surface area contributed by atoms with E-state index in [1.165, 1.54) is 0 Å². The first kappa shape index (κ1) is 15.5. The van der Waals surface area contributed by atoms with Gasteiger partial charge in [0.15, 0.2) is 0 Å². The predicted molar refractivity (Wildman–Crippen MR) is 81.8 cm³/mol. The summed E-state index contributed by atoms with van der Waals surface area (Å²) >= 11 is 3.38. The summed E-state index contributed by atoms with van der Waals surface area (Å²) in [5.74, 6) is -0.834. The number of nitrogens with one attached hydrogen (secondary N) is 2. The number of imide groups is 1. The number of amides is 4. The van der Waals surface area contributed by atoms with E-state index in [0.29, 0.717) is 5.69 Å². The summed E-state index contributed by atoms with van der Waals surface area (Å²) in [6.45, 7) is 4.83. The Morgan fingerprint density at radius 2 is 2.05 bits per heavy atom. The zero-order valence-electron chi connectivity index (χ0n) is 12.0. The minimum absolute atomic E-state index is 0.306. The van der Waals surface area contributed by atoms with Crippen LogP contribution in [0.4, 0.5) is 10.5 Å². The minimum atomic E-state index is -0.968. The zero-order valence-corrected chi connectivity index (χ0v) is 13.6. The number of rotatable bonds is 3. The summed E-state index contributed by atoms with van der Waals surface area (Å²) < 4.78 is 0.872. The first-order valence-electron chi connectivity index (χ1n) is 6.41. The Morgan fingerprint density at radius 3 is 2.57 bits per heavy atom. The fraction of sp³-hybridized carbons (Fsp3) is 0.357. The van der Waals surface area contributed by atoms with E-state index in [1.54, 1.807) is 26.0 Å². The molecule has 1 heterocycles. The monoisotopic (exact) mass is 353 g/mol. The summed E-state index contributed by atoms with van der Waals surface area (Å²) in [5.41, 5.74) is 0.678.